The molecule has 19 heavy (non-hydrogen) atoms. The molecule has 1 aromatic rings. The highest BCUT2D eigenvalue weighted by molar-refractivity contribution is 7.99. The Kier molecular flexibility index (Phi) is 4.55. The first kappa shape index (κ1) is 14.0. The van der Waals surface area contributed by atoms with Crippen LogP contribution in [0.3, 0.4) is 0 Å². The van der Waals surface area contributed by atoms with E-state index in [1.807, 2.05) is 30.4 Å². The van der Waals surface area contributed by atoms with Gasteiger partial charge in [-0.2, -0.15) is 0 Å². The molecule has 0 amide bonds. The maximum Gasteiger partial charge on any atom is 0.161 e. The van der Waals surface area contributed by atoms with E-state index in [-0.39, 0.29) is 5.37 Å². The van der Waals surface area contributed by atoms with Crippen LogP contribution in [0.4, 0.5) is 0 Å². The molecular weight excluding hydrogens is 266 g/mol. The van der Waals surface area contributed by atoms with E-state index in [0.717, 1.165) is 5.56 Å². The molecule has 1 saturated heterocycles. The fraction of sp³-hybridized carbons (Fsp3) is 0.462. The molecule has 1 fully saturated rings. The summed E-state index contributed by atoms with van der Waals surface area (Å²) in [6, 6.07) is 5.22. The van der Waals surface area contributed by atoms with Gasteiger partial charge in [0, 0.05) is 5.56 Å². The first-order valence-corrected chi connectivity index (χ1v) is 7.18. The van der Waals surface area contributed by atoms with Crippen molar-refractivity contribution in [1.82, 2.24) is 0 Å². The Morgan fingerprint density at radius 3 is 2.89 bits per heavy atom. The van der Waals surface area contributed by atoms with Crippen LogP contribution in [0.25, 0.3) is 0 Å². The number of quaternary nitrogens is 1. The first-order valence-electron chi connectivity index (χ1n) is 6.14. The van der Waals surface area contributed by atoms with Crippen molar-refractivity contribution in [2.24, 2.45) is 0 Å². The third-order valence-electron chi connectivity index (χ3n) is 2.98. The highest BCUT2D eigenvalue weighted by atomic mass is 32.2. The van der Waals surface area contributed by atoms with Crippen molar-refractivity contribution >= 4 is 17.7 Å². The number of thioether (sulfide) groups is 1. The highest BCUT2D eigenvalue weighted by Gasteiger charge is 2.31. The molecule has 0 unspecified atom stereocenters. The van der Waals surface area contributed by atoms with Crippen molar-refractivity contribution in [3.8, 4) is 11.5 Å². The van der Waals surface area contributed by atoms with Crippen molar-refractivity contribution in [2.75, 3.05) is 19.5 Å². The molecule has 6 heteroatoms. The first-order chi connectivity index (χ1) is 9.15. The van der Waals surface area contributed by atoms with Gasteiger partial charge in [-0.05, 0) is 25.1 Å². The van der Waals surface area contributed by atoms with E-state index in [0.29, 0.717) is 23.9 Å². The van der Waals surface area contributed by atoms with Gasteiger partial charge in [0.25, 0.3) is 0 Å². The van der Waals surface area contributed by atoms with E-state index in [4.69, 9.17) is 9.47 Å². The molecule has 104 valence electrons. The zero-order chi connectivity index (χ0) is 13.8. The number of carbonyl (C=O) groups excluding carboxylic acids is 1. The summed E-state index contributed by atoms with van der Waals surface area (Å²) in [6.07, 6.45) is 0. The number of hydrogen-bond acceptors (Lipinski definition) is 5. The predicted molar refractivity (Wildman–Crippen MR) is 70.1 cm³/mol. The molecule has 0 radical (unpaired) electrons. The van der Waals surface area contributed by atoms with Crippen LogP contribution in [0.2, 0.25) is 0 Å². The standard InChI is InChI=1S/C13H17NO4S/c1-3-18-11-6-8(4-5-10(11)17-2)12-14-9(7-19-12)13(15)16/h4-6,9,12,14H,3,7H2,1-2H3,(H,15,16)/t9-,12+/m1/s1. The average molecular weight is 283 g/mol. The van der Waals surface area contributed by atoms with Crippen LogP contribution in [0.15, 0.2) is 18.2 Å². The van der Waals surface area contributed by atoms with Crippen molar-refractivity contribution < 1.29 is 24.7 Å². The van der Waals surface area contributed by atoms with Crippen LogP contribution in [0.1, 0.15) is 17.9 Å². The van der Waals surface area contributed by atoms with Gasteiger partial charge in [0.15, 0.2) is 16.9 Å². The molecule has 2 atom stereocenters. The Morgan fingerprint density at radius 2 is 2.32 bits per heavy atom. The van der Waals surface area contributed by atoms with Crippen LogP contribution in [0, 0.1) is 0 Å². The van der Waals surface area contributed by atoms with Gasteiger partial charge in [-0.3, -0.25) is 0 Å². The lowest BCUT2D eigenvalue weighted by molar-refractivity contribution is -0.690. The summed E-state index contributed by atoms with van der Waals surface area (Å²) in [7, 11) is 1.60. The molecule has 0 aliphatic carbocycles. The lowest BCUT2D eigenvalue weighted by atomic mass is 10.2. The van der Waals surface area contributed by atoms with Gasteiger partial charge >= 0.3 is 0 Å². The normalized spacial score (nSPS) is 22.2. The van der Waals surface area contributed by atoms with E-state index < -0.39 is 12.0 Å². The second-order valence-electron chi connectivity index (χ2n) is 4.22. The summed E-state index contributed by atoms with van der Waals surface area (Å²) < 4.78 is 10.8. The summed E-state index contributed by atoms with van der Waals surface area (Å²) >= 11 is 1.60. The largest absolute Gasteiger partial charge is 0.544 e. The van der Waals surface area contributed by atoms with E-state index in [9.17, 15) is 9.90 Å². The Labute approximate surface area is 116 Å². The van der Waals surface area contributed by atoms with E-state index >= 15 is 0 Å². The number of methoxy groups -OCH3 is 1. The SMILES string of the molecule is CCOc1cc([C@H]2[NH2+][C@@H](C(=O)[O-])CS2)ccc1OC. The molecule has 1 heterocycles. The topological polar surface area (TPSA) is 75.2 Å². The molecule has 0 aromatic heterocycles. The molecule has 1 aromatic carbocycles. The van der Waals surface area contributed by atoms with Gasteiger partial charge in [-0.1, -0.05) is 11.8 Å². The van der Waals surface area contributed by atoms with Crippen molar-refractivity contribution in [2.45, 2.75) is 18.3 Å². The number of benzene rings is 1. The molecular formula is C13H17NO4S. The number of hydrogen-bond donors (Lipinski definition) is 1. The molecule has 0 bridgehead atoms. The number of carboxylic acid groups (broad SMARTS) is 1. The Morgan fingerprint density at radius 1 is 1.53 bits per heavy atom. The quantitative estimate of drug-likeness (QED) is 0.790. The van der Waals surface area contributed by atoms with Gasteiger partial charge in [0.2, 0.25) is 0 Å². The molecule has 1 aliphatic heterocycles. The molecule has 5 nitrogen and oxygen atoms in total. The summed E-state index contributed by atoms with van der Waals surface area (Å²) in [4.78, 5) is 10.8. The van der Waals surface area contributed by atoms with Crippen molar-refractivity contribution in [3.05, 3.63) is 23.8 Å². The fourth-order valence-corrected chi connectivity index (χ4v) is 3.32. The minimum absolute atomic E-state index is 0.0630. The third-order valence-corrected chi connectivity index (χ3v) is 4.32. The van der Waals surface area contributed by atoms with Gasteiger partial charge in [-0.15, -0.1) is 0 Å². The highest BCUT2D eigenvalue weighted by Crippen LogP contribution is 2.34. The maximum atomic E-state index is 10.8. The van der Waals surface area contributed by atoms with E-state index in [1.54, 1.807) is 18.9 Å². The van der Waals surface area contributed by atoms with Gasteiger partial charge in [0.05, 0.1) is 19.5 Å². The molecule has 0 spiro atoms. The number of nitrogens with two attached hydrogens (primary N) is 1. The number of aliphatic carboxylic acids is 1. The lowest BCUT2D eigenvalue weighted by Crippen LogP contribution is -2.90. The molecule has 2 N–H and O–H groups in total. The molecule has 2 rings (SSSR count). The van der Waals surface area contributed by atoms with E-state index in [1.165, 1.54) is 0 Å². The number of carbonyl (C=O) groups is 1. The summed E-state index contributed by atoms with van der Waals surface area (Å²) in [5.74, 6) is 0.926. The third kappa shape index (κ3) is 3.13. The smallest absolute Gasteiger partial charge is 0.161 e. The van der Waals surface area contributed by atoms with Gasteiger partial charge in [0.1, 0.15) is 12.0 Å². The van der Waals surface area contributed by atoms with Crippen LogP contribution in [0.5, 0.6) is 11.5 Å². The number of carboxylic acids is 1. The Hall–Kier alpha value is -1.40. The summed E-state index contributed by atoms with van der Waals surface area (Å²) in [6.45, 7) is 2.47. The van der Waals surface area contributed by atoms with Gasteiger partial charge in [-0.25, -0.2) is 0 Å². The average Bonchev–Trinajstić information content (AvgIpc) is 2.89. The van der Waals surface area contributed by atoms with E-state index in [2.05, 4.69) is 0 Å². The zero-order valence-electron chi connectivity index (χ0n) is 10.9. The minimum atomic E-state index is -1.01. The van der Waals surface area contributed by atoms with Crippen molar-refractivity contribution in [1.29, 1.82) is 0 Å². The number of rotatable bonds is 5. The Balaban J connectivity index is 2.17. The summed E-state index contributed by atoms with van der Waals surface area (Å²) in [5.41, 5.74) is 1.03. The number of ether oxygens (including phenoxy) is 2. The fourth-order valence-electron chi connectivity index (χ4n) is 2.02. The maximum absolute atomic E-state index is 10.8. The molecule has 1 aliphatic rings. The monoisotopic (exact) mass is 283 g/mol. The van der Waals surface area contributed by atoms with Crippen molar-refractivity contribution in [3.63, 3.8) is 0 Å². The second-order valence-corrected chi connectivity index (χ2v) is 5.39. The summed E-state index contributed by atoms with van der Waals surface area (Å²) in [5, 5.41) is 12.7. The lowest BCUT2D eigenvalue weighted by Gasteiger charge is -2.14. The van der Waals surface area contributed by atoms with Gasteiger partial charge < -0.3 is 24.7 Å². The zero-order valence-corrected chi connectivity index (χ0v) is 11.7. The molecule has 0 saturated carbocycles. The van der Waals surface area contributed by atoms with Crippen LogP contribution in [-0.2, 0) is 4.79 Å². The predicted octanol–water partition coefficient (Wildman–Crippen LogP) is -0.479. The van der Waals surface area contributed by atoms with Crippen LogP contribution < -0.4 is 19.9 Å². The van der Waals surface area contributed by atoms with Crippen LogP contribution >= 0.6 is 11.8 Å². The second kappa shape index (κ2) is 6.16. The minimum Gasteiger partial charge on any atom is -0.544 e. The van der Waals surface area contributed by atoms with Crippen LogP contribution in [-0.4, -0.2) is 31.5 Å². The Bertz CT molecular complexity index is 466.